The van der Waals surface area contributed by atoms with Crippen molar-refractivity contribution in [2.24, 2.45) is 0 Å². The minimum absolute atomic E-state index is 0.0123. The lowest BCUT2D eigenvalue weighted by atomic mass is 10.2. The Bertz CT molecular complexity index is 315. The van der Waals surface area contributed by atoms with Crippen LogP contribution in [0.3, 0.4) is 0 Å². The Balaban J connectivity index is 2.18. The van der Waals surface area contributed by atoms with Gasteiger partial charge >= 0.3 is 0 Å². The van der Waals surface area contributed by atoms with E-state index in [4.69, 9.17) is 0 Å². The monoisotopic (exact) mass is 222 g/mol. The summed E-state index contributed by atoms with van der Waals surface area (Å²) >= 11 is 0. The Kier molecular flexibility index (Phi) is 5.42. The van der Waals surface area contributed by atoms with Crippen LogP contribution in [0.2, 0.25) is 0 Å². The van der Waals surface area contributed by atoms with Crippen molar-refractivity contribution in [3.63, 3.8) is 0 Å². The minimum atomic E-state index is 0.0123. The van der Waals surface area contributed by atoms with Gasteiger partial charge in [0.25, 0.3) is 0 Å². The average molecular weight is 222 g/mol. The van der Waals surface area contributed by atoms with Crippen molar-refractivity contribution < 1.29 is 4.79 Å². The van der Waals surface area contributed by atoms with Gasteiger partial charge in [-0.2, -0.15) is 10.2 Å². The number of amides is 1. The van der Waals surface area contributed by atoms with Crippen molar-refractivity contribution in [1.82, 2.24) is 20.8 Å². The fraction of sp³-hybridized carbons (Fsp3) is 0.545. The maximum absolute atomic E-state index is 11.4. The molecular formula is C11H18N4O. The Morgan fingerprint density at radius 1 is 1.56 bits per heavy atom. The van der Waals surface area contributed by atoms with Crippen LogP contribution in [0.5, 0.6) is 0 Å². The summed E-state index contributed by atoms with van der Waals surface area (Å²) in [6, 6.07) is 3.92. The summed E-state index contributed by atoms with van der Waals surface area (Å²) in [4.78, 5) is 11.4. The summed E-state index contributed by atoms with van der Waals surface area (Å²) in [7, 11) is 0. The molecule has 1 heterocycles. The van der Waals surface area contributed by atoms with Crippen LogP contribution >= 0.6 is 0 Å². The first-order valence-corrected chi connectivity index (χ1v) is 5.49. The Labute approximate surface area is 95.7 Å². The van der Waals surface area contributed by atoms with Crippen molar-refractivity contribution in [3.05, 3.63) is 24.0 Å². The molecule has 0 aliphatic rings. The molecule has 0 saturated heterocycles. The molecule has 1 rings (SSSR count). The Hall–Kier alpha value is -1.49. The third kappa shape index (κ3) is 4.84. The van der Waals surface area contributed by atoms with Gasteiger partial charge in [0.05, 0.1) is 12.2 Å². The highest BCUT2D eigenvalue weighted by atomic mass is 16.1. The van der Waals surface area contributed by atoms with Crippen LogP contribution < -0.4 is 10.6 Å². The van der Waals surface area contributed by atoms with Gasteiger partial charge in [-0.25, -0.2) is 0 Å². The maximum atomic E-state index is 11.4. The molecule has 0 fully saturated rings. The van der Waals surface area contributed by atoms with Crippen LogP contribution in [-0.2, 0) is 11.3 Å². The molecule has 0 radical (unpaired) electrons. The largest absolute Gasteiger partial charge is 0.353 e. The van der Waals surface area contributed by atoms with Crippen LogP contribution in [0.25, 0.3) is 0 Å². The first kappa shape index (κ1) is 12.6. The fourth-order valence-electron chi connectivity index (χ4n) is 1.16. The second kappa shape index (κ2) is 6.90. The minimum Gasteiger partial charge on any atom is -0.353 e. The maximum Gasteiger partial charge on any atom is 0.234 e. The van der Waals surface area contributed by atoms with Gasteiger partial charge in [-0.15, -0.1) is 0 Å². The lowest BCUT2D eigenvalue weighted by Gasteiger charge is -2.11. The number of nitrogens with zero attached hydrogens (tertiary/aromatic N) is 2. The lowest BCUT2D eigenvalue weighted by Crippen LogP contribution is -2.38. The first-order chi connectivity index (χ1) is 7.72. The molecule has 1 aromatic heterocycles. The van der Waals surface area contributed by atoms with E-state index in [0.29, 0.717) is 13.1 Å². The van der Waals surface area contributed by atoms with E-state index in [2.05, 4.69) is 20.8 Å². The predicted octanol–water partition coefficient (Wildman–Crippen LogP) is 0.481. The van der Waals surface area contributed by atoms with Gasteiger partial charge in [0, 0.05) is 18.8 Å². The fourth-order valence-corrected chi connectivity index (χ4v) is 1.16. The first-order valence-electron chi connectivity index (χ1n) is 5.49. The van der Waals surface area contributed by atoms with E-state index in [1.54, 1.807) is 6.20 Å². The highest BCUT2D eigenvalue weighted by Crippen LogP contribution is 1.90. The van der Waals surface area contributed by atoms with Gasteiger partial charge in [-0.1, -0.05) is 6.92 Å². The molecule has 1 amide bonds. The second-order valence-electron chi connectivity index (χ2n) is 3.70. The van der Waals surface area contributed by atoms with Crippen molar-refractivity contribution in [2.45, 2.75) is 32.9 Å². The molecule has 1 unspecified atom stereocenters. The van der Waals surface area contributed by atoms with Gasteiger partial charge in [0.2, 0.25) is 5.91 Å². The summed E-state index contributed by atoms with van der Waals surface area (Å²) < 4.78 is 0. The SMILES string of the molecule is CCC(C)NC(=O)CNCc1cccnn1. The summed E-state index contributed by atoms with van der Waals surface area (Å²) in [5, 5.41) is 13.6. The standard InChI is InChI=1S/C11H18N4O/c1-3-9(2)14-11(16)8-12-7-10-5-4-6-13-15-10/h4-6,9,12H,3,7-8H2,1-2H3,(H,14,16). The van der Waals surface area contributed by atoms with Crippen molar-refractivity contribution in [2.75, 3.05) is 6.54 Å². The van der Waals surface area contributed by atoms with E-state index in [1.165, 1.54) is 0 Å². The molecule has 0 spiro atoms. The molecule has 0 bridgehead atoms. The topological polar surface area (TPSA) is 66.9 Å². The average Bonchev–Trinajstić information content (AvgIpc) is 2.30. The van der Waals surface area contributed by atoms with Crippen LogP contribution in [0, 0.1) is 0 Å². The predicted molar refractivity (Wildman–Crippen MR) is 61.6 cm³/mol. The highest BCUT2D eigenvalue weighted by molar-refractivity contribution is 5.78. The van der Waals surface area contributed by atoms with Gasteiger partial charge in [0.1, 0.15) is 0 Å². The van der Waals surface area contributed by atoms with Crippen molar-refractivity contribution >= 4 is 5.91 Å². The third-order valence-electron chi connectivity index (χ3n) is 2.24. The van der Waals surface area contributed by atoms with E-state index >= 15 is 0 Å². The van der Waals surface area contributed by atoms with E-state index in [0.717, 1.165) is 12.1 Å². The number of carbonyl (C=O) groups is 1. The van der Waals surface area contributed by atoms with Crippen molar-refractivity contribution in [1.29, 1.82) is 0 Å². The lowest BCUT2D eigenvalue weighted by molar-refractivity contribution is -0.120. The number of rotatable bonds is 6. The zero-order valence-corrected chi connectivity index (χ0v) is 9.73. The summed E-state index contributed by atoms with van der Waals surface area (Å²) in [5.74, 6) is 0.0123. The van der Waals surface area contributed by atoms with Crippen LogP contribution in [0.1, 0.15) is 26.0 Å². The van der Waals surface area contributed by atoms with E-state index in [-0.39, 0.29) is 11.9 Å². The molecule has 5 heteroatoms. The molecule has 0 aliphatic heterocycles. The van der Waals surface area contributed by atoms with Crippen LogP contribution in [0.4, 0.5) is 0 Å². The summed E-state index contributed by atoms with van der Waals surface area (Å²) in [6.07, 6.45) is 2.56. The second-order valence-corrected chi connectivity index (χ2v) is 3.70. The molecule has 88 valence electrons. The van der Waals surface area contributed by atoms with Crippen LogP contribution in [-0.4, -0.2) is 28.7 Å². The van der Waals surface area contributed by atoms with Gasteiger partial charge < -0.3 is 10.6 Å². The molecule has 0 aliphatic carbocycles. The molecule has 2 N–H and O–H groups in total. The van der Waals surface area contributed by atoms with Crippen molar-refractivity contribution in [3.8, 4) is 0 Å². The Morgan fingerprint density at radius 3 is 3.00 bits per heavy atom. The molecular weight excluding hydrogens is 204 g/mol. The van der Waals surface area contributed by atoms with Gasteiger partial charge in [-0.05, 0) is 25.5 Å². The van der Waals surface area contributed by atoms with Gasteiger partial charge in [-0.3, -0.25) is 4.79 Å². The summed E-state index contributed by atoms with van der Waals surface area (Å²) in [5.41, 5.74) is 0.832. The third-order valence-corrected chi connectivity index (χ3v) is 2.24. The molecule has 0 aromatic carbocycles. The molecule has 1 atom stereocenters. The quantitative estimate of drug-likeness (QED) is 0.734. The zero-order valence-electron chi connectivity index (χ0n) is 9.73. The van der Waals surface area contributed by atoms with E-state index in [1.807, 2.05) is 26.0 Å². The highest BCUT2D eigenvalue weighted by Gasteiger charge is 2.04. The Morgan fingerprint density at radius 2 is 2.38 bits per heavy atom. The number of nitrogens with one attached hydrogen (secondary N) is 2. The molecule has 5 nitrogen and oxygen atoms in total. The van der Waals surface area contributed by atoms with Crippen LogP contribution in [0.15, 0.2) is 18.3 Å². The number of hydrogen-bond acceptors (Lipinski definition) is 4. The van der Waals surface area contributed by atoms with Gasteiger partial charge in [0.15, 0.2) is 0 Å². The molecule has 16 heavy (non-hydrogen) atoms. The smallest absolute Gasteiger partial charge is 0.234 e. The molecule has 0 saturated carbocycles. The number of hydrogen-bond donors (Lipinski definition) is 2. The normalized spacial score (nSPS) is 12.1. The van der Waals surface area contributed by atoms with E-state index < -0.39 is 0 Å². The summed E-state index contributed by atoms with van der Waals surface area (Å²) in [6.45, 7) is 4.89. The zero-order chi connectivity index (χ0) is 11.8. The molecule has 1 aromatic rings. The van der Waals surface area contributed by atoms with E-state index in [9.17, 15) is 4.79 Å². The number of carbonyl (C=O) groups excluding carboxylic acids is 1. The number of aromatic nitrogens is 2.